The zero-order valence-corrected chi connectivity index (χ0v) is 19.5. The first-order valence-corrected chi connectivity index (χ1v) is 12.1. The Labute approximate surface area is 198 Å². The molecular formula is C25H24N4O4S. The standard InChI is InChI=1S/C25H24N4O4S/c1-27-18-22(17-23(27)24(26)30)34(32,33)29-15-13-28(14-16-29)25(31)21-11-9-20(10-12-21)8-7-19-5-3-2-4-6-19/h2-6,9-12,17-18H,13-16H2,1H3,(H2,26,30). The summed E-state index contributed by atoms with van der Waals surface area (Å²) in [4.78, 5) is 26.0. The fourth-order valence-electron chi connectivity index (χ4n) is 3.75. The van der Waals surface area contributed by atoms with E-state index in [0.29, 0.717) is 5.56 Å². The van der Waals surface area contributed by atoms with Crippen molar-refractivity contribution in [3.05, 3.63) is 89.2 Å². The molecule has 2 aromatic carbocycles. The van der Waals surface area contributed by atoms with Gasteiger partial charge in [-0.1, -0.05) is 30.0 Å². The lowest BCUT2D eigenvalue weighted by atomic mass is 10.1. The maximum absolute atomic E-state index is 13.0. The molecule has 2 heterocycles. The third-order valence-electron chi connectivity index (χ3n) is 5.65. The SMILES string of the molecule is Cn1cc(S(=O)(=O)N2CCN(C(=O)c3ccc(C#Cc4ccccc4)cc3)CC2)cc1C(N)=O. The fraction of sp³-hybridized carbons (Fsp3) is 0.200. The Bertz CT molecular complexity index is 1380. The summed E-state index contributed by atoms with van der Waals surface area (Å²) in [6, 6.07) is 18.0. The molecule has 2 amide bonds. The normalized spacial score (nSPS) is 14.3. The second-order valence-electron chi connectivity index (χ2n) is 7.93. The fourth-order valence-corrected chi connectivity index (χ4v) is 5.24. The number of aromatic nitrogens is 1. The predicted molar refractivity (Wildman–Crippen MR) is 127 cm³/mol. The lowest BCUT2D eigenvalue weighted by Crippen LogP contribution is -2.50. The van der Waals surface area contributed by atoms with Crippen molar-refractivity contribution in [2.45, 2.75) is 4.90 Å². The van der Waals surface area contributed by atoms with Crippen molar-refractivity contribution in [3.63, 3.8) is 0 Å². The number of nitrogens with two attached hydrogens (primary N) is 1. The number of amides is 2. The number of benzene rings is 2. The van der Waals surface area contributed by atoms with Crippen LogP contribution in [0.2, 0.25) is 0 Å². The minimum atomic E-state index is -3.79. The number of nitrogens with zero attached hydrogens (tertiary/aromatic N) is 3. The quantitative estimate of drug-likeness (QED) is 0.578. The van der Waals surface area contributed by atoms with E-state index in [9.17, 15) is 18.0 Å². The van der Waals surface area contributed by atoms with Gasteiger partial charge in [0.2, 0.25) is 10.0 Å². The van der Waals surface area contributed by atoms with Gasteiger partial charge in [0.1, 0.15) is 10.6 Å². The molecule has 0 radical (unpaired) electrons. The van der Waals surface area contributed by atoms with Gasteiger partial charge in [-0.25, -0.2) is 8.42 Å². The molecule has 1 saturated heterocycles. The molecule has 1 aliphatic heterocycles. The van der Waals surface area contributed by atoms with Crippen LogP contribution in [-0.2, 0) is 17.1 Å². The van der Waals surface area contributed by atoms with E-state index < -0.39 is 15.9 Å². The minimum Gasteiger partial charge on any atom is -0.364 e. The molecule has 1 aromatic heterocycles. The van der Waals surface area contributed by atoms with E-state index in [0.717, 1.165) is 11.1 Å². The number of hydrogen-bond donors (Lipinski definition) is 1. The molecule has 34 heavy (non-hydrogen) atoms. The van der Waals surface area contributed by atoms with Gasteiger partial charge in [0.25, 0.3) is 11.8 Å². The summed E-state index contributed by atoms with van der Waals surface area (Å²) in [5.41, 5.74) is 7.64. The van der Waals surface area contributed by atoms with Crippen LogP contribution in [0.1, 0.15) is 32.0 Å². The topological polar surface area (TPSA) is 106 Å². The van der Waals surface area contributed by atoms with Crippen LogP contribution >= 0.6 is 0 Å². The summed E-state index contributed by atoms with van der Waals surface area (Å²) in [5.74, 6) is 5.31. The molecule has 9 heteroatoms. The monoisotopic (exact) mass is 476 g/mol. The number of piperazine rings is 1. The number of carbonyl (C=O) groups excluding carboxylic acids is 2. The molecule has 3 aromatic rings. The molecule has 4 rings (SSSR count). The Morgan fingerprint density at radius 2 is 1.47 bits per heavy atom. The summed E-state index contributed by atoms with van der Waals surface area (Å²) in [6.45, 7) is 0.858. The van der Waals surface area contributed by atoms with Gasteiger partial charge in [0.05, 0.1) is 0 Å². The van der Waals surface area contributed by atoms with Crippen molar-refractivity contribution in [1.29, 1.82) is 0 Å². The molecule has 1 fully saturated rings. The molecular weight excluding hydrogens is 452 g/mol. The van der Waals surface area contributed by atoms with Gasteiger partial charge < -0.3 is 15.2 Å². The van der Waals surface area contributed by atoms with Gasteiger partial charge in [-0.3, -0.25) is 9.59 Å². The zero-order chi connectivity index (χ0) is 24.3. The van der Waals surface area contributed by atoms with E-state index in [1.807, 2.05) is 30.3 Å². The first-order chi connectivity index (χ1) is 16.3. The summed E-state index contributed by atoms with van der Waals surface area (Å²) in [7, 11) is -2.23. The van der Waals surface area contributed by atoms with Gasteiger partial charge in [0, 0.05) is 56.1 Å². The second-order valence-corrected chi connectivity index (χ2v) is 9.86. The van der Waals surface area contributed by atoms with E-state index in [1.165, 1.54) is 21.1 Å². The first-order valence-electron chi connectivity index (χ1n) is 10.7. The highest BCUT2D eigenvalue weighted by atomic mass is 32.2. The molecule has 0 spiro atoms. The maximum Gasteiger partial charge on any atom is 0.265 e. The highest BCUT2D eigenvalue weighted by Crippen LogP contribution is 2.21. The van der Waals surface area contributed by atoms with Gasteiger partial charge in [-0.05, 0) is 42.5 Å². The number of sulfonamides is 1. The Hall–Kier alpha value is -3.87. The van der Waals surface area contributed by atoms with Crippen LogP contribution in [0.15, 0.2) is 71.8 Å². The lowest BCUT2D eigenvalue weighted by molar-refractivity contribution is 0.0697. The third-order valence-corrected chi connectivity index (χ3v) is 7.52. The Morgan fingerprint density at radius 1 is 0.882 bits per heavy atom. The summed E-state index contributed by atoms with van der Waals surface area (Å²) >= 11 is 0. The van der Waals surface area contributed by atoms with E-state index in [-0.39, 0.29) is 42.7 Å². The predicted octanol–water partition coefficient (Wildman–Crippen LogP) is 1.67. The number of primary amides is 1. The van der Waals surface area contributed by atoms with Crippen LogP contribution in [0.3, 0.4) is 0 Å². The Morgan fingerprint density at radius 3 is 2.03 bits per heavy atom. The molecule has 174 valence electrons. The van der Waals surface area contributed by atoms with E-state index in [2.05, 4.69) is 11.8 Å². The van der Waals surface area contributed by atoms with Crippen molar-refractivity contribution in [2.24, 2.45) is 12.8 Å². The molecule has 0 aliphatic carbocycles. The molecule has 0 atom stereocenters. The van der Waals surface area contributed by atoms with Crippen LogP contribution in [0.5, 0.6) is 0 Å². The number of aryl methyl sites for hydroxylation is 1. The van der Waals surface area contributed by atoms with Crippen LogP contribution in [0.4, 0.5) is 0 Å². The average molecular weight is 477 g/mol. The zero-order valence-electron chi connectivity index (χ0n) is 18.6. The van der Waals surface area contributed by atoms with Crippen molar-refractivity contribution in [3.8, 4) is 11.8 Å². The molecule has 2 N–H and O–H groups in total. The summed E-state index contributed by atoms with van der Waals surface area (Å²) in [5, 5.41) is 0. The van der Waals surface area contributed by atoms with Gasteiger partial charge in [-0.15, -0.1) is 0 Å². The molecule has 8 nitrogen and oxygen atoms in total. The van der Waals surface area contributed by atoms with E-state index in [4.69, 9.17) is 5.73 Å². The number of hydrogen-bond acceptors (Lipinski definition) is 4. The highest BCUT2D eigenvalue weighted by Gasteiger charge is 2.31. The summed E-state index contributed by atoms with van der Waals surface area (Å²) in [6.07, 6.45) is 1.37. The minimum absolute atomic E-state index is 0.00998. The largest absolute Gasteiger partial charge is 0.364 e. The van der Waals surface area contributed by atoms with Crippen molar-refractivity contribution < 1.29 is 18.0 Å². The smallest absolute Gasteiger partial charge is 0.265 e. The van der Waals surface area contributed by atoms with Crippen molar-refractivity contribution in [1.82, 2.24) is 13.8 Å². The number of rotatable bonds is 4. The Balaban J connectivity index is 1.39. The van der Waals surface area contributed by atoms with E-state index >= 15 is 0 Å². The third kappa shape index (κ3) is 4.88. The second kappa shape index (κ2) is 9.55. The van der Waals surface area contributed by atoms with Crippen molar-refractivity contribution >= 4 is 21.8 Å². The average Bonchev–Trinajstić information content (AvgIpc) is 3.26. The molecule has 0 saturated carbocycles. The van der Waals surface area contributed by atoms with Crippen molar-refractivity contribution in [2.75, 3.05) is 26.2 Å². The highest BCUT2D eigenvalue weighted by molar-refractivity contribution is 7.89. The van der Waals surface area contributed by atoms with Crippen LogP contribution in [-0.4, -0.2) is 60.2 Å². The lowest BCUT2D eigenvalue weighted by Gasteiger charge is -2.33. The Kier molecular flexibility index (Phi) is 6.54. The summed E-state index contributed by atoms with van der Waals surface area (Å²) < 4.78 is 28.6. The van der Waals surface area contributed by atoms with Crippen LogP contribution in [0, 0.1) is 11.8 Å². The van der Waals surface area contributed by atoms with Crippen LogP contribution < -0.4 is 5.73 Å². The first kappa shape index (κ1) is 23.3. The molecule has 1 aliphatic rings. The molecule has 0 bridgehead atoms. The van der Waals surface area contributed by atoms with Gasteiger partial charge >= 0.3 is 0 Å². The van der Waals surface area contributed by atoms with Crippen LogP contribution in [0.25, 0.3) is 0 Å². The molecule has 0 unspecified atom stereocenters. The van der Waals surface area contributed by atoms with E-state index in [1.54, 1.807) is 36.2 Å². The van der Waals surface area contributed by atoms with Gasteiger partial charge in [-0.2, -0.15) is 4.31 Å². The number of carbonyl (C=O) groups is 2. The van der Waals surface area contributed by atoms with Gasteiger partial charge in [0.15, 0.2) is 0 Å². The maximum atomic E-state index is 13.0.